The largest absolute Gasteiger partial charge is 0.444 e. The highest BCUT2D eigenvalue weighted by Crippen LogP contribution is 2.29. The fourth-order valence-electron chi connectivity index (χ4n) is 5.59. The Morgan fingerprint density at radius 2 is 1.74 bits per heavy atom. The third kappa shape index (κ3) is 7.79. The highest BCUT2D eigenvalue weighted by molar-refractivity contribution is 6.04. The van der Waals surface area contributed by atoms with Crippen molar-refractivity contribution in [2.45, 2.75) is 50.9 Å². The average Bonchev–Trinajstić information content (AvgIpc) is 3.00. The molecule has 2 heterocycles. The minimum absolute atomic E-state index is 0.0277. The topological polar surface area (TPSA) is 115 Å². The monoisotopic (exact) mass is 579 g/mol. The molecule has 0 radical (unpaired) electrons. The molecule has 2 aliphatic heterocycles. The van der Waals surface area contributed by atoms with Gasteiger partial charge in [-0.2, -0.15) is 0 Å². The molecule has 9 nitrogen and oxygen atoms in total. The van der Waals surface area contributed by atoms with Gasteiger partial charge >= 0.3 is 6.09 Å². The van der Waals surface area contributed by atoms with Crippen molar-refractivity contribution < 1.29 is 19.1 Å². The summed E-state index contributed by atoms with van der Waals surface area (Å²) < 4.78 is 5.18. The van der Waals surface area contributed by atoms with Gasteiger partial charge in [-0.15, -0.1) is 0 Å². The fraction of sp³-hybridized carbons (Fsp3) is 0.353. The SMILES string of the molecule is CN1CC[C@H](Cc2c#cccc2)C[C@@H]1C(=O)N1CC[C@H]1C(=O)NCc1ccc(C(=N)NC(=O)OCc2ccccc2)cc1. The summed E-state index contributed by atoms with van der Waals surface area (Å²) >= 11 is 0. The number of hydrogen-bond donors (Lipinski definition) is 3. The van der Waals surface area contributed by atoms with Gasteiger partial charge in [0, 0.05) is 24.2 Å². The third-order valence-electron chi connectivity index (χ3n) is 8.24. The zero-order valence-electron chi connectivity index (χ0n) is 24.3. The molecule has 0 spiro atoms. The molecule has 3 aromatic rings. The first-order valence-corrected chi connectivity index (χ1v) is 14.7. The lowest BCUT2D eigenvalue weighted by atomic mass is 9.85. The number of ether oxygens (including phenoxy) is 1. The molecule has 0 bridgehead atoms. The molecular weight excluding hydrogens is 542 g/mol. The number of nitrogens with zero attached hydrogens (tertiary/aromatic N) is 2. The Balaban J connectivity index is 1.07. The summed E-state index contributed by atoms with van der Waals surface area (Å²) in [5.74, 6) is 0.182. The van der Waals surface area contributed by atoms with Crippen molar-refractivity contribution in [2.75, 3.05) is 20.1 Å². The van der Waals surface area contributed by atoms with E-state index >= 15 is 0 Å². The molecular formula is C34H37N5O4. The van der Waals surface area contributed by atoms with E-state index in [2.05, 4.69) is 33.7 Å². The van der Waals surface area contributed by atoms with Gasteiger partial charge in [-0.3, -0.25) is 25.2 Å². The number of likely N-dealkylation sites (tertiary alicyclic amines) is 2. The smallest absolute Gasteiger partial charge is 0.413 e. The number of hydrogen-bond acceptors (Lipinski definition) is 6. The number of nitrogens with one attached hydrogen (secondary N) is 3. The van der Waals surface area contributed by atoms with E-state index in [0.29, 0.717) is 31.0 Å². The Bertz CT molecular complexity index is 1410. The maximum absolute atomic E-state index is 13.5. The molecule has 2 fully saturated rings. The Labute approximate surface area is 252 Å². The number of carbonyl (C=O) groups is 3. The third-order valence-corrected chi connectivity index (χ3v) is 8.24. The number of amidine groups is 1. The number of piperidine rings is 1. The van der Waals surface area contributed by atoms with E-state index in [0.717, 1.165) is 42.5 Å². The van der Waals surface area contributed by atoms with Crippen molar-refractivity contribution in [1.82, 2.24) is 20.4 Å². The molecule has 3 atom stereocenters. The van der Waals surface area contributed by atoms with Gasteiger partial charge in [0.05, 0.1) is 6.04 Å². The second kappa shape index (κ2) is 14.0. The number of alkyl carbamates (subject to hydrolysis) is 1. The molecule has 43 heavy (non-hydrogen) atoms. The molecule has 3 amide bonds. The molecule has 3 aromatic carbocycles. The van der Waals surface area contributed by atoms with Crippen LogP contribution in [0.4, 0.5) is 4.79 Å². The summed E-state index contributed by atoms with van der Waals surface area (Å²) in [5.41, 5.74) is 3.34. The number of carbonyl (C=O) groups excluding carboxylic acids is 3. The normalized spacial score (nSPS) is 19.8. The molecule has 3 N–H and O–H groups in total. The predicted molar refractivity (Wildman–Crippen MR) is 162 cm³/mol. The molecule has 0 aliphatic carbocycles. The second-order valence-electron chi connectivity index (χ2n) is 11.2. The summed E-state index contributed by atoms with van der Waals surface area (Å²) in [5, 5.41) is 13.6. The summed E-state index contributed by atoms with van der Waals surface area (Å²) in [6.07, 6.45) is 2.62. The predicted octanol–water partition coefficient (Wildman–Crippen LogP) is 3.71. The van der Waals surface area contributed by atoms with Crippen LogP contribution in [-0.2, 0) is 33.9 Å². The summed E-state index contributed by atoms with van der Waals surface area (Å²) in [6, 6.07) is 27.7. The summed E-state index contributed by atoms with van der Waals surface area (Å²) in [7, 11) is 1.99. The van der Waals surface area contributed by atoms with Crippen molar-refractivity contribution in [1.29, 1.82) is 5.41 Å². The van der Waals surface area contributed by atoms with Gasteiger partial charge in [0.15, 0.2) is 0 Å². The maximum atomic E-state index is 13.5. The van der Waals surface area contributed by atoms with Crippen molar-refractivity contribution in [3.8, 4) is 0 Å². The van der Waals surface area contributed by atoms with Crippen LogP contribution in [0.1, 0.15) is 41.5 Å². The molecule has 9 heteroatoms. The Kier molecular flexibility index (Phi) is 9.70. The van der Waals surface area contributed by atoms with Crippen LogP contribution < -0.4 is 10.6 Å². The number of rotatable bonds is 9. The van der Waals surface area contributed by atoms with E-state index in [1.54, 1.807) is 29.2 Å². The van der Waals surface area contributed by atoms with Gasteiger partial charge in [0.2, 0.25) is 11.8 Å². The van der Waals surface area contributed by atoms with Gasteiger partial charge in [-0.25, -0.2) is 4.79 Å². The van der Waals surface area contributed by atoms with Crippen LogP contribution in [0.25, 0.3) is 0 Å². The number of likely N-dealkylation sites (N-methyl/N-ethyl adjacent to an activating group) is 1. The van der Waals surface area contributed by atoms with Gasteiger partial charge in [-0.1, -0.05) is 72.8 Å². The van der Waals surface area contributed by atoms with Crippen LogP contribution >= 0.6 is 0 Å². The molecule has 2 saturated heterocycles. The Morgan fingerprint density at radius 1 is 0.953 bits per heavy atom. The second-order valence-corrected chi connectivity index (χ2v) is 11.2. The van der Waals surface area contributed by atoms with E-state index in [-0.39, 0.29) is 30.3 Å². The molecule has 222 valence electrons. The fourth-order valence-corrected chi connectivity index (χ4v) is 5.59. The van der Waals surface area contributed by atoms with Crippen LogP contribution in [0.2, 0.25) is 0 Å². The quantitative estimate of drug-likeness (QED) is 0.264. The summed E-state index contributed by atoms with van der Waals surface area (Å²) in [6.45, 7) is 1.85. The molecule has 5 rings (SSSR count). The zero-order valence-corrected chi connectivity index (χ0v) is 24.3. The number of benzene rings is 2. The highest BCUT2D eigenvalue weighted by atomic mass is 16.5. The Morgan fingerprint density at radius 3 is 2.44 bits per heavy atom. The molecule has 0 saturated carbocycles. The van der Waals surface area contributed by atoms with Crippen LogP contribution in [0.3, 0.4) is 0 Å². The zero-order chi connectivity index (χ0) is 30.2. The van der Waals surface area contributed by atoms with E-state index in [9.17, 15) is 14.4 Å². The van der Waals surface area contributed by atoms with Gasteiger partial charge in [0.1, 0.15) is 18.5 Å². The lowest BCUT2D eigenvalue weighted by molar-refractivity contribution is -0.152. The Hall–Kier alpha value is -4.68. The first-order chi connectivity index (χ1) is 20.9. The molecule has 0 unspecified atom stereocenters. The minimum atomic E-state index is -0.701. The lowest BCUT2D eigenvalue weighted by Gasteiger charge is -2.45. The van der Waals surface area contributed by atoms with E-state index in [4.69, 9.17) is 10.1 Å². The van der Waals surface area contributed by atoms with Crippen LogP contribution in [0.15, 0.2) is 72.8 Å². The van der Waals surface area contributed by atoms with Gasteiger partial charge < -0.3 is 15.0 Å². The van der Waals surface area contributed by atoms with Crippen LogP contribution in [0.5, 0.6) is 0 Å². The van der Waals surface area contributed by atoms with Crippen LogP contribution in [0, 0.1) is 23.5 Å². The minimum Gasteiger partial charge on any atom is -0.444 e. The van der Waals surface area contributed by atoms with Crippen molar-refractivity contribution >= 4 is 23.7 Å². The first-order valence-electron chi connectivity index (χ1n) is 14.7. The summed E-state index contributed by atoms with van der Waals surface area (Å²) in [4.78, 5) is 42.4. The van der Waals surface area contributed by atoms with E-state index < -0.39 is 12.1 Å². The molecule has 0 aromatic heterocycles. The van der Waals surface area contributed by atoms with E-state index in [1.165, 1.54) is 0 Å². The first kappa shape index (κ1) is 29.8. The van der Waals surface area contributed by atoms with Gasteiger partial charge in [-0.05, 0) is 68.5 Å². The standard InChI is InChI=1S/C34H37N5O4/c1-38-18-16-27(20-24-8-4-2-5-9-24)21-30(38)33(41)39-19-17-29(39)32(40)36-22-25-12-14-28(15-13-25)31(35)37-34(42)43-23-26-10-6-3-7-11-26/h2-4,6-8,10-15,27,29-30H,16-23H2,1H3,(H,36,40)(H2,35,37,42)/t27-,29+,30-/m1/s1. The lowest BCUT2D eigenvalue weighted by Crippen LogP contribution is -2.63. The van der Waals surface area contributed by atoms with E-state index in [1.807, 2.05) is 49.5 Å². The van der Waals surface area contributed by atoms with Crippen molar-refractivity contribution in [2.24, 2.45) is 5.92 Å². The van der Waals surface area contributed by atoms with Crippen molar-refractivity contribution in [3.05, 3.63) is 107 Å². The average molecular weight is 580 g/mol. The number of amides is 3. The van der Waals surface area contributed by atoms with Gasteiger partial charge in [0.25, 0.3) is 0 Å². The van der Waals surface area contributed by atoms with Crippen molar-refractivity contribution in [3.63, 3.8) is 0 Å². The highest BCUT2D eigenvalue weighted by Gasteiger charge is 2.42. The van der Waals surface area contributed by atoms with Crippen LogP contribution in [-0.4, -0.2) is 65.8 Å². The molecule has 2 aliphatic rings. The maximum Gasteiger partial charge on any atom is 0.413 e.